The lowest BCUT2D eigenvalue weighted by atomic mass is 10.1. The molecule has 0 aliphatic carbocycles. The Morgan fingerprint density at radius 3 is 2.46 bits per heavy atom. The van der Waals surface area contributed by atoms with Crippen molar-refractivity contribution in [3.63, 3.8) is 0 Å². The van der Waals surface area contributed by atoms with E-state index >= 15 is 0 Å². The molecule has 0 saturated heterocycles. The molecule has 1 aromatic carbocycles. The Morgan fingerprint density at radius 1 is 1.08 bits per heavy atom. The highest BCUT2D eigenvalue weighted by Gasteiger charge is 2.16. The highest BCUT2D eigenvalue weighted by molar-refractivity contribution is 7.21. The maximum atomic E-state index is 12.3. The minimum absolute atomic E-state index is 0.0400. The van der Waals surface area contributed by atoms with E-state index in [9.17, 15) is 4.79 Å². The molecule has 0 fully saturated rings. The molecule has 1 amide bonds. The summed E-state index contributed by atoms with van der Waals surface area (Å²) in [6, 6.07) is 6.11. The van der Waals surface area contributed by atoms with E-state index in [0.29, 0.717) is 9.90 Å². The molecular weight excluding hydrogens is 338 g/mol. The summed E-state index contributed by atoms with van der Waals surface area (Å²) in [5.74, 6) is -0.0400. The zero-order valence-electron chi connectivity index (χ0n) is 14.8. The summed E-state index contributed by atoms with van der Waals surface area (Å²) in [7, 11) is 0. The zero-order valence-corrected chi connectivity index (χ0v) is 16.4. The van der Waals surface area contributed by atoms with Crippen LogP contribution in [0.25, 0.3) is 10.1 Å². The third kappa shape index (κ3) is 5.49. The lowest BCUT2D eigenvalue weighted by Gasteiger charge is -2.04. The number of nitrogens with one attached hydrogen (secondary N) is 1. The Bertz CT molecular complexity index is 665. The minimum Gasteiger partial charge on any atom is -0.351 e. The summed E-state index contributed by atoms with van der Waals surface area (Å²) >= 11 is 7.86. The first kappa shape index (κ1) is 19.3. The van der Waals surface area contributed by atoms with E-state index in [1.54, 1.807) is 0 Å². The first-order chi connectivity index (χ1) is 11.6. The number of fused-ring (bicyclic) bond motifs is 1. The van der Waals surface area contributed by atoms with Crippen molar-refractivity contribution in [3.8, 4) is 0 Å². The molecule has 2 aromatic rings. The van der Waals surface area contributed by atoms with Crippen LogP contribution in [-0.2, 0) is 0 Å². The van der Waals surface area contributed by atoms with Gasteiger partial charge in [0.05, 0.1) is 5.02 Å². The molecule has 0 saturated carbocycles. The molecule has 0 bridgehead atoms. The quantitative estimate of drug-likeness (QED) is 0.464. The van der Waals surface area contributed by atoms with Crippen molar-refractivity contribution in [3.05, 3.63) is 33.7 Å². The van der Waals surface area contributed by atoms with Crippen molar-refractivity contribution in [2.45, 2.75) is 65.2 Å². The summed E-state index contributed by atoms with van der Waals surface area (Å²) in [5.41, 5.74) is 1.19. The maximum Gasteiger partial charge on any atom is 0.262 e. The predicted octanol–water partition coefficient (Wildman–Crippen LogP) is 6.73. The molecule has 2 nitrogen and oxygen atoms in total. The van der Waals surface area contributed by atoms with Gasteiger partial charge in [-0.25, -0.2) is 0 Å². The second-order valence-electron chi connectivity index (χ2n) is 6.48. The van der Waals surface area contributed by atoms with Gasteiger partial charge in [-0.05, 0) is 25.0 Å². The Balaban J connectivity index is 1.72. The van der Waals surface area contributed by atoms with Crippen LogP contribution in [0.4, 0.5) is 0 Å². The largest absolute Gasteiger partial charge is 0.351 e. The molecule has 0 aliphatic heterocycles. The molecule has 0 aliphatic rings. The molecule has 132 valence electrons. The fraction of sp³-hybridized carbons (Fsp3) is 0.550. The second kappa shape index (κ2) is 10.0. The van der Waals surface area contributed by atoms with E-state index in [-0.39, 0.29) is 5.91 Å². The number of halogens is 1. The van der Waals surface area contributed by atoms with E-state index in [0.717, 1.165) is 23.1 Å². The Labute approximate surface area is 154 Å². The summed E-state index contributed by atoms with van der Waals surface area (Å²) < 4.78 is 1.08. The van der Waals surface area contributed by atoms with Crippen LogP contribution in [0.3, 0.4) is 0 Å². The highest BCUT2D eigenvalue weighted by atomic mass is 35.5. The molecule has 24 heavy (non-hydrogen) atoms. The van der Waals surface area contributed by atoms with Crippen molar-refractivity contribution in [1.29, 1.82) is 0 Å². The number of hydrogen-bond acceptors (Lipinski definition) is 2. The predicted molar refractivity (Wildman–Crippen MR) is 107 cm³/mol. The number of amides is 1. The highest BCUT2D eigenvalue weighted by Crippen LogP contribution is 2.35. The van der Waals surface area contributed by atoms with E-state index < -0.39 is 0 Å². The van der Waals surface area contributed by atoms with Crippen molar-refractivity contribution in [2.24, 2.45) is 0 Å². The zero-order chi connectivity index (χ0) is 17.4. The summed E-state index contributed by atoms with van der Waals surface area (Å²) in [5, 5.41) is 4.58. The number of rotatable bonds is 10. The van der Waals surface area contributed by atoms with Crippen LogP contribution in [0.2, 0.25) is 5.02 Å². The van der Waals surface area contributed by atoms with E-state index in [1.807, 2.05) is 12.1 Å². The van der Waals surface area contributed by atoms with Gasteiger partial charge in [0, 0.05) is 16.6 Å². The van der Waals surface area contributed by atoms with Crippen molar-refractivity contribution in [2.75, 3.05) is 6.54 Å². The topological polar surface area (TPSA) is 29.1 Å². The van der Waals surface area contributed by atoms with E-state index in [1.165, 1.54) is 61.8 Å². The molecule has 0 atom stereocenters. The van der Waals surface area contributed by atoms with Crippen LogP contribution >= 0.6 is 22.9 Å². The van der Waals surface area contributed by atoms with Gasteiger partial charge in [0.25, 0.3) is 5.91 Å². The van der Waals surface area contributed by atoms with E-state index in [4.69, 9.17) is 11.6 Å². The van der Waals surface area contributed by atoms with Gasteiger partial charge in [-0.3, -0.25) is 4.79 Å². The first-order valence-corrected chi connectivity index (χ1v) is 10.3. The minimum atomic E-state index is -0.0400. The number of carbonyl (C=O) groups excluding carboxylic acids is 1. The van der Waals surface area contributed by atoms with Gasteiger partial charge < -0.3 is 5.32 Å². The number of unbranched alkanes of at least 4 members (excludes halogenated alkanes) is 7. The SMILES string of the molecule is CCCCCCCCCCNC(=O)c1sc2cc(C)ccc2c1Cl. The van der Waals surface area contributed by atoms with Crippen molar-refractivity contribution >= 4 is 38.9 Å². The average molecular weight is 366 g/mol. The van der Waals surface area contributed by atoms with Gasteiger partial charge in [-0.15, -0.1) is 11.3 Å². The van der Waals surface area contributed by atoms with Gasteiger partial charge in [0.1, 0.15) is 4.88 Å². The smallest absolute Gasteiger partial charge is 0.262 e. The Morgan fingerprint density at radius 2 is 1.75 bits per heavy atom. The van der Waals surface area contributed by atoms with Gasteiger partial charge in [0.2, 0.25) is 0 Å². The summed E-state index contributed by atoms with van der Waals surface area (Å²) in [6.07, 6.45) is 10.2. The number of benzene rings is 1. The Hall–Kier alpha value is -1.06. The molecule has 1 N–H and O–H groups in total. The van der Waals surface area contributed by atoms with Crippen LogP contribution in [0.1, 0.15) is 73.5 Å². The van der Waals surface area contributed by atoms with E-state index in [2.05, 4.69) is 25.2 Å². The van der Waals surface area contributed by atoms with Gasteiger partial charge in [0.15, 0.2) is 0 Å². The summed E-state index contributed by atoms with van der Waals surface area (Å²) in [4.78, 5) is 13.0. The maximum absolute atomic E-state index is 12.3. The third-order valence-corrected chi connectivity index (χ3v) is 5.96. The molecule has 0 radical (unpaired) electrons. The number of thiophene rings is 1. The van der Waals surface area contributed by atoms with Crippen LogP contribution in [0.5, 0.6) is 0 Å². The Kier molecular flexibility index (Phi) is 8.07. The summed E-state index contributed by atoms with van der Waals surface area (Å²) in [6.45, 7) is 5.03. The molecule has 0 spiro atoms. The molecule has 1 aromatic heterocycles. The standard InChI is InChI=1S/C20H28ClNOS/c1-3-4-5-6-7-8-9-10-13-22-20(23)19-18(21)16-12-11-15(2)14-17(16)24-19/h11-12,14H,3-10,13H2,1-2H3,(H,22,23). The van der Waals surface area contributed by atoms with Crippen LogP contribution in [-0.4, -0.2) is 12.5 Å². The fourth-order valence-electron chi connectivity index (χ4n) is 2.86. The lowest BCUT2D eigenvalue weighted by Crippen LogP contribution is -2.23. The molecule has 4 heteroatoms. The van der Waals surface area contributed by atoms with Crippen LogP contribution < -0.4 is 5.32 Å². The number of aryl methyl sites for hydroxylation is 1. The molecular formula is C20H28ClNOS. The fourth-order valence-corrected chi connectivity index (χ4v) is 4.39. The average Bonchev–Trinajstić information content (AvgIpc) is 2.89. The number of carbonyl (C=O) groups is 1. The van der Waals surface area contributed by atoms with Crippen molar-refractivity contribution in [1.82, 2.24) is 5.32 Å². The first-order valence-electron chi connectivity index (χ1n) is 9.10. The van der Waals surface area contributed by atoms with Gasteiger partial charge in [-0.1, -0.05) is 75.6 Å². The van der Waals surface area contributed by atoms with Crippen molar-refractivity contribution < 1.29 is 4.79 Å². The lowest BCUT2D eigenvalue weighted by molar-refractivity contribution is 0.0957. The van der Waals surface area contributed by atoms with Crippen LogP contribution in [0, 0.1) is 6.92 Å². The molecule has 2 rings (SSSR count). The van der Waals surface area contributed by atoms with Gasteiger partial charge >= 0.3 is 0 Å². The normalized spacial score (nSPS) is 11.1. The third-order valence-electron chi connectivity index (χ3n) is 4.31. The molecule has 1 heterocycles. The second-order valence-corrected chi connectivity index (χ2v) is 7.91. The molecule has 0 unspecified atom stereocenters. The van der Waals surface area contributed by atoms with Gasteiger partial charge in [-0.2, -0.15) is 0 Å². The monoisotopic (exact) mass is 365 g/mol. The van der Waals surface area contributed by atoms with Crippen LogP contribution in [0.15, 0.2) is 18.2 Å². The number of hydrogen-bond donors (Lipinski definition) is 1.